The number of aliphatic imine (C=N–C) groups is 1. The third-order valence-electron chi connectivity index (χ3n) is 4.42. The lowest BCUT2D eigenvalue weighted by molar-refractivity contribution is -0.121. The number of amides is 2. The zero-order valence-electron chi connectivity index (χ0n) is 15.8. The Morgan fingerprint density at radius 2 is 1.86 bits per heavy atom. The van der Waals surface area contributed by atoms with Crippen molar-refractivity contribution in [1.82, 2.24) is 4.98 Å². The number of para-hydroxylation sites is 1. The second kappa shape index (κ2) is 8.71. The third kappa shape index (κ3) is 4.99. The average molecular weight is 422 g/mol. The van der Waals surface area contributed by atoms with Crippen molar-refractivity contribution in [1.29, 1.82) is 0 Å². The van der Waals surface area contributed by atoms with Gasteiger partial charge in [0.2, 0.25) is 5.91 Å². The fourth-order valence-corrected chi connectivity index (χ4v) is 4.90. The molecule has 1 aliphatic heterocycles. The van der Waals surface area contributed by atoms with Crippen LogP contribution in [-0.4, -0.2) is 27.1 Å². The lowest BCUT2D eigenvalue weighted by Gasteiger charge is -2.08. The Morgan fingerprint density at radius 3 is 2.62 bits per heavy atom. The highest BCUT2D eigenvalue weighted by Crippen LogP contribution is 2.29. The maximum Gasteiger partial charge on any atom is 0.260 e. The van der Waals surface area contributed by atoms with Crippen LogP contribution < -0.4 is 5.32 Å². The Morgan fingerprint density at radius 1 is 1.10 bits per heavy atom. The minimum absolute atomic E-state index is 0.109. The maximum atomic E-state index is 12.2. The lowest BCUT2D eigenvalue weighted by Crippen LogP contribution is -2.21. The van der Waals surface area contributed by atoms with Gasteiger partial charge in [-0.05, 0) is 19.1 Å². The van der Waals surface area contributed by atoms with Crippen LogP contribution in [0.4, 0.5) is 5.69 Å². The molecule has 0 radical (unpaired) electrons. The van der Waals surface area contributed by atoms with Crippen molar-refractivity contribution in [2.24, 2.45) is 4.99 Å². The molecular weight excluding hydrogens is 402 g/mol. The molecule has 2 amide bonds. The maximum absolute atomic E-state index is 12.2. The number of rotatable bonds is 6. The minimum Gasteiger partial charge on any atom is -0.326 e. The number of thioether (sulfide) groups is 1. The number of nitrogens with one attached hydrogen (secondary N) is 1. The molecule has 0 bridgehead atoms. The summed E-state index contributed by atoms with van der Waals surface area (Å²) in [6.07, 6.45) is 0.627. The van der Waals surface area contributed by atoms with E-state index < -0.39 is 5.25 Å². The second-order valence-corrected chi connectivity index (χ2v) is 8.96. The molecule has 0 spiro atoms. The molecule has 3 aromatic rings. The molecule has 5 nitrogen and oxygen atoms in total. The molecule has 0 fully saturated rings. The second-order valence-electron chi connectivity index (χ2n) is 6.74. The van der Waals surface area contributed by atoms with Gasteiger partial charge >= 0.3 is 0 Å². The highest BCUT2D eigenvalue weighted by Gasteiger charge is 2.30. The Bertz CT molecular complexity index is 1060. The molecule has 0 saturated heterocycles. The van der Waals surface area contributed by atoms with Gasteiger partial charge in [-0.1, -0.05) is 59.8 Å². The van der Waals surface area contributed by atoms with E-state index >= 15 is 0 Å². The number of carbonyl (C=O) groups is 2. The Kier molecular flexibility index (Phi) is 5.87. The van der Waals surface area contributed by atoms with Crippen LogP contribution >= 0.6 is 23.1 Å². The Labute approximate surface area is 177 Å². The molecule has 0 saturated carbocycles. The summed E-state index contributed by atoms with van der Waals surface area (Å²) in [5.41, 5.74) is 3.94. The first kappa shape index (κ1) is 19.5. The first-order chi connectivity index (χ1) is 14.1. The topological polar surface area (TPSA) is 71.4 Å². The number of anilines is 1. The van der Waals surface area contributed by atoms with Gasteiger partial charge in [0.05, 0.1) is 15.7 Å². The number of benzene rings is 2. The summed E-state index contributed by atoms with van der Waals surface area (Å²) >= 11 is 2.92. The van der Waals surface area contributed by atoms with Crippen molar-refractivity contribution in [3.05, 3.63) is 70.5 Å². The van der Waals surface area contributed by atoms with E-state index in [1.165, 1.54) is 17.3 Å². The van der Waals surface area contributed by atoms with Gasteiger partial charge in [-0.2, -0.15) is 0 Å². The molecule has 1 N–H and O–H groups in total. The van der Waals surface area contributed by atoms with Crippen molar-refractivity contribution in [3.8, 4) is 11.3 Å². The zero-order chi connectivity index (χ0) is 20.2. The van der Waals surface area contributed by atoms with Gasteiger partial charge in [-0.3, -0.25) is 9.59 Å². The van der Waals surface area contributed by atoms with Crippen LogP contribution in [0.25, 0.3) is 11.3 Å². The first-order valence-corrected chi connectivity index (χ1v) is 11.0. The van der Waals surface area contributed by atoms with Crippen molar-refractivity contribution >= 4 is 45.6 Å². The molecule has 29 heavy (non-hydrogen) atoms. The molecule has 146 valence electrons. The number of hydrogen-bond acceptors (Lipinski definition) is 5. The monoisotopic (exact) mass is 421 g/mol. The van der Waals surface area contributed by atoms with E-state index in [-0.39, 0.29) is 18.2 Å². The van der Waals surface area contributed by atoms with Crippen LogP contribution in [0, 0.1) is 6.92 Å². The largest absolute Gasteiger partial charge is 0.326 e. The van der Waals surface area contributed by atoms with Crippen LogP contribution in [0.5, 0.6) is 0 Å². The SMILES string of the molecule is Cc1ccc(-c2csc(CC3=NC(=O)[C@@H](CC(=O)Nc4ccccc4)S3)n2)cc1. The Hall–Kier alpha value is -2.77. The van der Waals surface area contributed by atoms with E-state index in [1.807, 2.05) is 35.7 Å². The zero-order valence-corrected chi connectivity index (χ0v) is 17.4. The standard InChI is InChI=1S/C22H19N3O2S2/c1-14-7-9-15(10-8-14)17-13-28-20(24-17)12-21-25-22(27)18(29-21)11-19(26)23-16-5-3-2-4-6-16/h2-10,13,18H,11-12H2,1H3,(H,23,26)/t18-/m1/s1. The summed E-state index contributed by atoms with van der Waals surface area (Å²) in [6, 6.07) is 17.5. The van der Waals surface area contributed by atoms with Crippen LogP contribution in [-0.2, 0) is 16.0 Å². The number of hydrogen-bond donors (Lipinski definition) is 1. The van der Waals surface area contributed by atoms with Gasteiger partial charge in [-0.15, -0.1) is 11.3 Å². The minimum atomic E-state index is -0.467. The molecule has 2 aromatic carbocycles. The predicted molar refractivity (Wildman–Crippen MR) is 120 cm³/mol. The third-order valence-corrected chi connectivity index (χ3v) is 6.43. The van der Waals surface area contributed by atoms with Gasteiger partial charge in [0, 0.05) is 29.5 Å². The quantitative estimate of drug-likeness (QED) is 0.625. The molecule has 0 unspecified atom stereocenters. The molecule has 4 rings (SSSR count). The normalized spacial score (nSPS) is 16.0. The fraction of sp³-hybridized carbons (Fsp3) is 0.182. The number of nitrogens with zero attached hydrogens (tertiary/aromatic N) is 2. The molecule has 7 heteroatoms. The van der Waals surface area contributed by atoms with Crippen LogP contribution in [0.3, 0.4) is 0 Å². The van der Waals surface area contributed by atoms with Gasteiger partial charge in [0.25, 0.3) is 5.91 Å². The number of thiazole rings is 1. The van der Waals surface area contributed by atoms with Crippen molar-refractivity contribution in [2.75, 3.05) is 5.32 Å². The van der Waals surface area contributed by atoms with Crippen LogP contribution in [0.15, 0.2) is 65.0 Å². The fourth-order valence-electron chi connectivity index (χ4n) is 2.93. The lowest BCUT2D eigenvalue weighted by atomic mass is 10.1. The smallest absolute Gasteiger partial charge is 0.260 e. The van der Waals surface area contributed by atoms with E-state index in [1.54, 1.807) is 11.3 Å². The summed E-state index contributed by atoms with van der Waals surface area (Å²) in [6.45, 7) is 2.05. The molecule has 1 aromatic heterocycles. The first-order valence-electron chi connectivity index (χ1n) is 9.21. The molecular formula is C22H19N3O2S2. The number of aromatic nitrogens is 1. The highest BCUT2D eigenvalue weighted by molar-refractivity contribution is 8.15. The van der Waals surface area contributed by atoms with Crippen molar-refractivity contribution in [3.63, 3.8) is 0 Å². The van der Waals surface area contributed by atoms with Crippen molar-refractivity contribution in [2.45, 2.75) is 25.0 Å². The van der Waals surface area contributed by atoms with E-state index in [0.29, 0.717) is 6.42 Å². The summed E-state index contributed by atoms with van der Waals surface area (Å²) in [7, 11) is 0. The van der Waals surface area contributed by atoms with Crippen molar-refractivity contribution < 1.29 is 9.59 Å². The van der Waals surface area contributed by atoms with Crippen LogP contribution in [0.1, 0.15) is 17.0 Å². The number of aryl methyl sites for hydroxylation is 1. The van der Waals surface area contributed by atoms with Gasteiger partial charge in [0.1, 0.15) is 5.25 Å². The summed E-state index contributed by atoms with van der Waals surface area (Å²) in [4.78, 5) is 33.3. The van der Waals surface area contributed by atoms with E-state index in [4.69, 9.17) is 0 Å². The average Bonchev–Trinajstić information content (AvgIpc) is 3.30. The highest BCUT2D eigenvalue weighted by atomic mass is 32.2. The molecule has 1 atom stereocenters. The number of carbonyl (C=O) groups excluding carboxylic acids is 2. The molecule has 2 heterocycles. The van der Waals surface area contributed by atoms with Gasteiger partial charge in [-0.25, -0.2) is 9.98 Å². The molecule has 1 aliphatic rings. The Balaban J connectivity index is 1.34. The van der Waals surface area contributed by atoms with Gasteiger partial charge in [0.15, 0.2) is 0 Å². The van der Waals surface area contributed by atoms with E-state index in [2.05, 4.69) is 46.5 Å². The van der Waals surface area contributed by atoms with E-state index in [0.717, 1.165) is 27.0 Å². The summed E-state index contributed by atoms with van der Waals surface area (Å²) in [5, 5.41) is 6.00. The summed E-state index contributed by atoms with van der Waals surface area (Å²) < 4.78 is 0. The van der Waals surface area contributed by atoms with E-state index in [9.17, 15) is 9.59 Å². The van der Waals surface area contributed by atoms with Crippen LogP contribution in [0.2, 0.25) is 0 Å². The summed E-state index contributed by atoms with van der Waals surface area (Å²) in [5.74, 6) is -0.432. The molecule has 0 aliphatic carbocycles. The predicted octanol–water partition coefficient (Wildman–Crippen LogP) is 4.73. The van der Waals surface area contributed by atoms with Gasteiger partial charge < -0.3 is 5.32 Å².